The van der Waals surface area contributed by atoms with E-state index in [0.29, 0.717) is 0 Å². The topological polar surface area (TPSA) is 0 Å². The summed E-state index contributed by atoms with van der Waals surface area (Å²) in [5.74, 6) is 4.43. The van der Waals surface area contributed by atoms with Gasteiger partial charge in [0.1, 0.15) is 0 Å². The molecule has 0 aromatic carbocycles. The van der Waals surface area contributed by atoms with Crippen molar-refractivity contribution in [3.8, 4) is 0 Å². The highest BCUT2D eigenvalue weighted by Crippen LogP contribution is 2.66. The van der Waals surface area contributed by atoms with Gasteiger partial charge in [-0.15, -0.1) is 0 Å². The second kappa shape index (κ2) is 5.33. The molecule has 0 heterocycles. The monoisotopic (exact) mass is 276 g/mol. The van der Waals surface area contributed by atoms with Crippen molar-refractivity contribution in [1.82, 2.24) is 0 Å². The summed E-state index contributed by atoms with van der Waals surface area (Å²) in [4.78, 5) is 0. The second-order valence-electron chi connectivity index (χ2n) is 8.63. The van der Waals surface area contributed by atoms with Gasteiger partial charge < -0.3 is 0 Å². The molecule has 0 spiro atoms. The van der Waals surface area contributed by atoms with E-state index >= 15 is 0 Å². The van der Waals surface area contributed by atoms with Crippen LogP contribution in [0.3, 0.4) is 0 Å². The molecule has 0 N–H and O–H groups in total. The molecule has 4 aliphatic rings. The lowest BCUT2D eigenvalue weighted by Gasteiger charge is -2.56. The van der Waals surface area contributed by atoms with Gasteiger partial charge in [0, 0.05) is 0 Å². The smallest absolute Gasteiger partial charge is 0.0266 e. The summed E-state index contributed by atoms with van der Waals surface area (Å²) in [6.45, 7) is 9.31. The minimum atomic E-state index is 0.753. The van der Waals surface area contributed by atoms with Gasteiger partial charge in [-0.25, -0.2) is 0 Å². The molecule has 0 amide bonds. The Morgan fingerprint density at radius 2 is 1.45 bits per heavy atom. The molecule has 4 rings (SSSR count). The van der Waals surface area contributed by atoms with Crippen molar-refractivity contribution < 1.29 is 0 Å². The van der Waals surface area contributed by atoms with E-state index in [-0.39, 0.29) is 0 Å². The maximum atomic E-state index is 2.68. The van der Waals surface area contributed by atoms with Crippen molar-refractivity contribution >= 4 is 0 Å². The summed E-state index contributed by atoms with van der Waals surface area (Å²) in [6.07, 6.45) is 15.6. The van der Waals surface area contributed by atoms with Gasteiger partial charge in [0.05, 0.1) is 0 Å². The summed E-state index contributed by atoms with van der Waals surface area (Å²) in [5.41, 5.74) is 1.51. The maximum absolute atomic E-state index is 2.68. The molecule has 0 saturated heterocycles. The van der Waals surface area contributed by atoms with Crippen LogP contribution in [0.5, 0.6) is 0 Å². The molecule has 20 heavy (non-hydrogen) atoms. The SMILES string of the molecule is CC.CC12CCCC1C1CCC3CCCC3(C)C1CC2. The zero-order chi connectivity index (χ0) is 14.4. The van der Waals surface area contributed by atoms with Gasteiger partial charge >= 0.3 is 0 Å². The molecule has 0 aliphatic heterocycles. The van der Waals surface area contributed by atoms with Gasteiger partial charge in [0.25, 0.3) is 0 Å². The average Bonchev–Trinajstić information content (AvgIpc) is 3.03. The molecule has 0 aromatic rings. The van der Waals surface area contributed by atoms with Crippen LogP contribution in [0.15, 0.2) is 0 Å². The highest BCUT2D eigenvalue weighted by Gasteiger charge is 2.57. The Bertz CT molecular complexity index is 346. The molecule has 0 nitrogen and oxygen atoms in total. The maximum Gasteiger partial charge on any atom is -0.0266 e. The highest BCUT2D eigenvalue weighted by atomic mass is 14.6. The van der Waals surface area contributed by atoms with Crippen molar-refractivity contribution in [2.45, 2.75) is 91.9 Å². The molecular weight excluding hydrogens is 240 g/mol. The molecule has 0 heteroatoms. The van der Waals surface area contributed by atoms with Crippen LogP contribution >= 0.6 is 0 Å². The summed E-state index contributed by atoms with van der Waals surface area (Å²) in [7, 11) is 0. The first-order valence-corrected chi connectivity index (χ1v) is 9.63. The molecule has 4 aliphatic carbocycles. The van der Waals surface area contributed by atoms with Crippen LogP contribution in [0.4, 0.5) is 0 Å². The third-order valence-corrected chi connectivity index (χ3v) is 8.11. The zero-order valence-corrected chi connectivity index (χ0v) is 14.4. The van der Waals surface area contributed by atoms with Crippen molar-refractivity contribution in [3.05, 3.63) is 0 Å². The van der Waals surface area contributed by atoms with Crippen molar-refractivity contribution in [1.29, 1.82) is 0 Å². The number of fused-ring (bicyclic) bond motifs is 5. The van der Waals surface area contributed by atoms with E-state index in [4.69, 9.17) is 0 Å². The second-order valence-corrected chi connectivity index (χ2v) is 8.63. The molecule has 4 saturated carbocycles. The largest absolute Gasteiger partial charge is 0.0683 e. The van der Waals surface area contributed by atoms with Gasteiger partial charge in [-0.3, -0.25) is 0 Å². The fourth-order valence-electron chi connectivity index (χ4n) is 7.12. The van der Waals surface area contributed by atoms with Crippen molar-refractivity contribution in [3.63, 3.8) is 0 Å². The molecule has 116 valence electrons. The molecule has 0 aromatic heterocycles. The lowest BCUT2D eigenvalue weighted by Crippen LogP contribution is -2.49. The van der Waals surface area contributed by atoms with Crippen LogP contribution in [0, 0.1) is 34.5 Å². The van der Waals surface area contributed by atoms with Crippen LogP contribution in [0.25, 0.3) is 0 Å². The quantitative estimate of drug-likeness (QED) is 0.477. The molecule has 6 atom stereocenters. The summed E-state index contributed by atoms with van der Waals surface area (Å²) < 4.78 is 0. The Labute approximate surface area is 127 Å². The standard InChI is InChI=1S/C18H30.C2H6/c1-17-10-4-6-15(17)14-8-7-13-5-3-11-18(13,2)16(14)9-12-17;1-2/h13-16H,3-12H2,1-2H3;1-2H3. The summed E-state index contributed by atoms with van der Waals surface area (Å²) in [5, 5.41) is 0. The first-order valence-electron chi connectivity index (χ1n) is 9.63. The number of hydrogen-bond donors (Lipinski definition) is 0. The Kier molecular flexibility index (Phi) is 3.97. The molecule has 0 bridgehead atoms. The lowest BCUT2D eigenvalue weighted by molar-refractivity contribution is -0.0743. The zero-order valence-electron chi connectivity index (χ0n) is 14.4. The van der Waals surface area contributed by atoms with E-state index in [9.17, 15) is 0 Å². The Morgan fingerprint density at radius 1 is 0.700 bits per heavy atom. The first kappa shape index (κ1) is 14.9. The fraction of sp³-hybridized carbons (Fsp3) is 1.00. The van der Waals surface area contributed by atoms with Crippen LogP contribution in [-0.2, 0) is 0 Å². The predicted molar refractivity (Wildman–Crippen MR) is 87.7 cm³/mol. The van der Waals surface area contributed by atoms with Gasteiger partial charge in [0.15, 0.2) is 0 Å². The van der Waals surface area contributed by atoms with E-state index in [1.807, 2.05) is 13.8 Å². The minimum absolute atomic E-state index is 0.753. The van der Waals surface area contributed by atoms with Gasteiger partial charge in [-0.2, -0.15) is 0 Å². The average molecular weight is 277 g/mol. The third-order valence-electron chi connectivity index (χ3n) is 8.11. The fourth-order valence-corrected chi connectivity index (χ4v) is 7.12. The minimum Gasteiger partial charge on any atom is -0.0683 e. The van der Waals surface area contributed by atoms with Crippen molar-refractivity contribution in [2.75, 3.05) is 0 Å². The van der Waals surface area contributed by atoms with Crippen LogP contribution in [0.2, 0.25) is 0 Å². The van der Waals surface area contributed by atoms with E-state index < -0.39 is 0 Å². The van der Waals surface area contributed by atoms with Crippen molar-refractivity contribution in [2.24, 2.45) is 34.5 Å². The first-order chi connectivity index (χ1) is 9.63. The molecule has 4 fully saturated rings. The number of rotatable bonds is 0. The summed E-state index contributed by atoms with van der Waals surface area (Å²) >= 11 is 0. The lowest BCUT2D eigenvalue weighted by atomic mass is 9.48. The van der Waals surface area contributed by atoms with Crippen LogP contribution < -0.4 is 0 Å². The molecular formula is C20H36. The highest BCUT2D eigenvalue weighted by molar-refractivity contribution is 5.07. The van der Waals surface area contributed by atoms with E-state index in [1.54, 1.807) is 51.4 Å². The Hall–Kier alpha value is 0. The van der Waals surface area contributed by atoms with Gasteiger partial charge in [-0.1, -0.05) is 40.5 Å². The Balaban J connectivity index is 0.000000581. The van der Waals surface area contributed by atoms with E-state index in [2.05, 4.69) is 13.8 Å². The normalized spacial score (nSPS) is 53.4. The third kappa shape index (κ3) is 2.00. The van der Waals surface area contributed by atoms with Crippen LogP contribution in [-0.4, -0.2) is 0 Å². The Morgan fingerprint density at radius 3 is 2.25 bits per heavy atom. The number of hydrogen-bond acceptors (Lipinski definition) is 0. The van der Waals surface area contributed by atoms with E-state index in [1.165, 1.54) is 12.8 Å². The summed E-state index contributed by atoms with van der Waals surface area (Å²) in [6, 6.07) is 0. The van der Waals surface area contributed by atoms with Crippen LogP contribution in [0.1, 0.15) is 91.9 Å². The van der Waals surface area contributed by atoms with E-state index in [0.717, 1.165) is 34.5 Å². The predicted octanol–water partition coefficient (Wildman–Crippen LogP) is 6.45. The van der Waals surface area contributed by atoms with Gasteiger partial charge in [0.2, 0.25) is 0 Å². The van der Waals surface area contributed by atoms with Gasteiger partial charge in [-0.05, 0) is 85.9 Å². The molecule has 0 radical (unpaired) electrons. The molecule has 6 unspecified atom stereocenters.